The van der Waals surface area contributed by atoms with Crippen molar-refractivity contribution in [3.05, 3.63) is 32.6 Å². The monoisotopic (exact) mass is 307 g/mol. The van der Waals surface area contributed by atoms with Crippen molar-refractivity contribution in [3.8, 4) is 17.0 Å². The van der Waals surface area contributed by atoms with E-state index in [0.717, 1.165) is 27.4 Å². The molecule has 20 heavy (non-hydrogen) atoms. The predicted molar refractivity (Wildman–Crippen MR) is 89.6 cm³/mol. The van der Waals surface area contributed by atoms with E-state index in [4.69, 9.17) is 17.0 Å². The second-order valence-electron chi connectivity index (χ2n) is 5.83. The molecule has 1 N–H and O–H groups in total. The van der Waals surface area contributed by atoms with E-state index in [1.54, 1.807) is 18.4 Å². The van der Waals surface area contributed by atoms with Crippen molar-refractivity contribution in [2.24, 2.45) is 0 Å². The van der Waals surface area contributed by atoms with Crippen molar-refractivity contribution in [1.29, 1.82) is 0 Å². The van der Waals surface area contributed by atoms with Crippen LogP contribution >= 0.6 is 23.6 Å². The van der Waals surface area contributed by atoms with E-state index < -0.39 is 0 Å². The number of aromatic amines is 1. The Labute approximate surface area is 129 Å². The molecule has 0 aliphatic carbocycles. The summed E-state index contributed by atoms with van der Waals surface area (Å²) in [7, 11) is 1.71. The van der Waals surface area contributed by atoms with E-state index >= 15 is 0 Å². The number of rotatable bonds is 3. The van der Waals surface area contributed by atoms with Crippen LogP contribution in [0.2, 0.25) is 0 Å². The molecular weight excluding hydrogens is 286 g/mol. The molecule has 0 radical (unpaired) electrons. The summed E-state index contributed by atoms with van der Waals surface area (Å²) in [5, 5.41) is 0. The van der Waals surface area contributed by atoms with Crippen LogP contribution in [0.15, 0.2) is 18.2 Å². The highest BCUT2D eigenvalue weighted by atomic mass is 32.1. The first-order valence-electron chi connectivity index (χ1n) is 6.77. The molecule has 0 saturated heterocycles. The van der Waals surface area contributed by atoms with Crippen LogP contribution in [-0.4, -0.2) is 12.1 Å². The van der Waals surface area contributed by atoms with Gasteiger partial charge in [0.1, 0.15) is 5.75 Å². The Morgan fingerprint density at radius 1 is 1.30 bits per heavy atom. The number of ether oxygens (including phenoxy) is 1. The average molecular weight is 307 g/mol. The fourth-order valence-corrected chi connectivity index (χ4v) is 3.38. The van der Waals surface area contributed by atoms with Gasteiger partial charge in [-0.3, -0.25) is 0 Å². The van der Waals surface area contributed by atoms with E-state index in [1.807, 2.05) is 6.07 Å². The maximum Gasteiger partial charge on any atom is 0.159 e. The largest absolute Gasteiger partial charge is 0.496 e. The molecule has 0 bridgehead atoms. The van der Waals surface area contributed by atoms with Gasteiger partial charge in [-0.15, -0.1) is 11.3 Å². The van der Waals surface area contributed by atoms with Gasteiger partial charge in [0.2, 0.25) is 0 Å². The standard InChI is InChI=1S/C16H21NOS2/c1-6-13-14(17-15(19)20-13)11-9-10(16(2,3)4)7-8-12(11)18-5/h7-9H,6H2,1-5H3,(H,17,19). The molecule has 4 heteroatoms. The van der Waals surface area contributed by atoms with Crippen molar-refractivity contribution in [2.45, 2.75) is 39.5 Å². The smallest absolute Gasteiger partial charge is 0.159 e. The molecule has 0 aliphatic rings. The molecule has 0 spiro atoms. The maximum atomic E-state index is 5.53. The summed E-state index contributed by atoms with van der Waals surface area (Å²) >= 11 is 6.94. The van der Waals surface area contributed by atoms with Gasteiger partial charge in [0.15, 0.2) is 3.95 Å². The second kappa shape index (κ2) is 5.70. The molecule has 1 heterocycles. The zero-order valence-electron chi connectivity index (χ0n) is 12.7. The maximum absolute atomic E-state index is 5.53. The van der Waals surface area contributed by atoms with Gasteiger partial charge in [-0.1, -0.05) is 33.8 Å². The second-order valence-corrected chi connectivity index (χ2v) is 7.60. The molecule has 0 atom stereocenters. The number of benzene rings is 1. The molecule has 2 nitrogen and oxygen atoms in total. The lowest BCUT2D eigenvalue weighted by atomic mass is 9.85. The highest BCUT2D eigenvalue weighted by molar-refractivity contribution is 7.73. The third kappa shape index (κ3) is 2.96. The van der Waals surface area contributed by atoms with Crippen molar-refractivity contribution in [2.75, 3.05) is 7.11 Å². The molecule has 108 valence electrons. The zero-order valence-corrected chi connectivity index (χ0v) is 14.3. The topological polar surface area (TPSA) is 25.0 Å². The number of aryl methyl sites for hydroxylation is 1. The summed E-state index contributed by atoms with van der Waals surface area (Å²) < 4.78 is 6.35. The first-order valence-corrected chi connectivity index (χ1v) is 8.00. The molecule has 0 amide bonds. The minimum Gasteiger partial charge on any atom is -0.496 e. The summed E-state index contributed by atoms with van der Waals surface area (Å²) in [6, 6.07) is 6.39. The van der Waals surface area contributed by atoms with Crippen LogP contribution in [0.3, 0.4) is 0 Å². The first-order chi connectivity index (χ1) is 9.36. The molecule has 2 rings (SSSR count). The van der Waals surface area contributed by atoms with Crippen molar-refractivity contribution in [1.82, 2.24) is 4.98 Å². The van der Waals surface area contributed by atoms with E-state index in [2.05, 4.69) is 44.8 Å². The summed E-state index contributed by atoms with van der Waals surface area (Å²) in [6.45, 7) is 8.80. The Bertz CT molecular complexity index is 662. The summed E-state index contributed by atoms with van der Waals surface area (Å²) in [4.78, 5) is 4.60. The Hall–Kier alpha value is -1.13. The molecule has 1 aromatic heterocycles. The average Bonchev–Trinajstić information content (AvgIpc) is 2.78. The minimum absolute atomic E-state index is 0.111. The normalized spacial score (nSPS) is 11.7. The highest BCUT2D eigenvalue weighted by Gasteiger charge is 2.18. The summed E-state index contributed by atoms with van der Waals surface area (Å²) in [6.07, 6.45) is 0.968. The number of aromatic nitrogens is 1. The Kier molecular flexibility index (Phi) is 4.35. The SMILES string of the molecule is CCc1sc(=S)[nH]c1-c1cc(C(C)(C)C)ccc1OC. The number of hydrogen-bond donors (Lipinski definition) is 1. The molecule has 0 unspecified atom stereocenters. The van der Waals surface area contributed by atoms with Gasteiger partial charge in [0.05, 0.1) is 12.8 Å². The summed E-state index contributed by atoms with van der Waals surface area (Å²) in [5.74, 6) is 0.886. The van der Waals surface area contributed by atoms with Crippen LogP contribution in [0.1, 0.15) is 38.1 Å². The number of H-pyrrole nitrogens is 1. The van der Waals surface area contributed by atoms with Crippen molar-refractivity contribution < 1.29 is 4.74 Å². The van der Waals surface area contributed by atoms with Crippen LogP contribution in [0.4, 0.5) is 0 Å². The van der Waals surface area contributed by atoms with E-state index in [9.17, 15) is 0 Å². The fourth-order valence-electron chi connectivity index (χ4n) is 2.20. The highest BCUT2D eigenvalue weighted by Crippen LogP contribution is 2.37. The van der Waals surface area contributed by atoms with Crippen LogP contribution in [0, 0.1) is 3.95 Å². The third-order valence-corrected chi connectivity index (χ3v) is 4.76. The molecule has 0 fully saturated rings. The van der Waals surface area contributed by atoms with Gasteiger partial charge in [0.25, 0.3) is 0 Å². The van der Waals surface area contributed by atoms with Crippen LogP contribution < -0.4 is 4.74 Å². The molecular formula is C16H21NOS2. The fraction of sp³-hybridized carbons (Fsp3) is 0.438. The van der Waals surface area contributed by atoms with Crippen LogP contribution in [-0.2, 0) is 11.8 Å². The zero-order chi connectivity index (χ0) is 14.9. The lowest BCUT2D eigenvalue weighted by Gasteiger charge is -2.21. The van der Waals surface area contributed by atoms with E-state index in [1.165, 1.54) is 10.4 Å². The third-order valence-electron chi connectivity index (χ3n) is 3.38. The molecule has 0 saturated carbocycles. The van der Waals surface area contributed by atoms with E-state index in [-0.39, 0.29) is 5.41 Å². The van der Waals surface area contributed by atoms with Gasteiger partial charge >= 0.3 is 0 Å². The van der Waals surface area contributed by atoms with Crippen LogP contribution in [0.5, 0.6) is 5.75 Å². The number of nitrogens with one attached hydrogen (secondary N) is 1. The quantitative estimate of drug-likeness (QED) is 0.774. The Balaban J connectivity index is 2.67. The summed E-state index contributed by atoms with van der Waals surface area (Å²) in [5.41, 5.74) is 3.61. The van der Waals surface area contributed by atoms with Gasteiger partial charge < -0.3 is 9.72 Å². The number of thiazole rings is 1. The van der Waals surface area contributed by atoms with Crippen molar-refractivity contribution >= 4 is 23.6 Å². The molecule has 0 aliphatic heterocycles. The Morgan fingerprint density at radius 2 is 2.00 bits per heavy atom. The molecule has 2 aromatic rings. The lowest BCUT2D eigenvalue weighted by molar-refractivity contribution is 0.415. The minimum atomic E-state index is 0.111. The van der Waals surface area contributed by atoms with Gasteiger partial charge in [-0.05, 0) is 41.7 Å². The predicted octanol–water partition coefficient (Wildman–Crippen LogP) is 5.34. The number of methoxy groups -OCH3 is 1. The van der Waals surface area contributed by atoms with Gasteiger partial charge in [-0.2, -0.15) is 0 Å². The number of hydrogen-bond acceptors (Lipinski definition) is 3. The van der Waals surface area contributed by atoms with Crippen molar-refractivity contribution in [3.63, 3.8) is 0 Å². The lowest BCUT2D eigenvalue weighted by Crippen LogP contribution is -2.11. The molecule has 1 aromatic carbocycles. The van der Waals surface area contributed by atoms with Gasteiger partial charge in [0, 0.05) is 10.4 Å². The Morgan fingerprint density at radius 3 is 2.55 bits per heavy atom. The van der Waals surface area contributed by atoms with E-state index in [0.29, 0.717) is 0 Å². The first kappa shape index (κ1) is 15.3. The van der Waals surface area contributed by atoms with Crippen LogP contribution in [0.25, 0.3) is 11.3 Å². The van der Waals surface area contributed by atoms with Gasteiger partial charge in [-0.25, -0.2) is 0 Å².